The summed E-state index contributed by atoms with van der Waals surface area (Å²) in [6, 6.07) is 21.5. The summed E-state index contributed by atoms with van der Waals surface area (Å²) in [6.45, 7) is 0.130. The summed E-state index contributed by atoms with van der Waals surface area (Å²) in [5.41, 5.74) is 0.182. The fraction of sp³-hybridized carbons (Fsp3) is 0.0769. The Morgan fingerprint density at radius 2 is 1.75 bits per heavy atom. The van der Waals surface area contributed by atoms with Gasteiger partial charge in [0.1, 0.15) is 6.61 Å². The minimum Gasteiger partial charge on any atom is -0.456 e. The molecule has 0 atom stereocenters. The molecule has 0 unspecified atom stereocenters. The molecule has 36 heavy (non-hydrogen) atoms. The Balaban J connectivity index is 1.35. The Labute approximate surface area is 217 Å². The average molecular weight is 545 g/mol. The zero-order valence-electron chi connectivity index (χ0n) is 18.3. The van der Waals surface area contributed by atoms with E-state index >= 15 is 0 Å². The van der Waals surface area contributed by atoms with Crippen molar-refractivity contribution < 1.29 is 22.7 Å². The second kappa shape index (κ2) is 9.93. The third-order valence-corrected chi connectivity index (χ3v) is 7.71. The smallest absolute Gasteiger partial charge is 0.435 e. The summed E-state index contributed by atoms with van der Waals surface area (Å²) in [7, 11) is 0. The van der Waals surface area contributed by atoms with Crippen molar-refractivity contribution in [2.75, 3.05) is 0 Å². The van der Waals surface area contributed by atoms with Gasteiger partial charge in [-0.15, -0.1) is 22.7 Å². The number of para-hydroxylation sites is 1. The van der Waals surface area contributed by atoms with E-state index in [4.69, 9.17) is 16.3 Å². The Kier molecular flexibility index (Phi) is 6.70. The molecule has 0 saturated heterocycles. The number of nitrogens with zero attached hydrogens (tertiary/aromatic N) is 2. The first-order chi connectivity index (χ1) is 17.3. The summed E-state index contributed by atoms with van der Waals surface area (Å²) >= 11 is 9.42. The summed E-state index contributed by atoms with van der Waals surface area (Å²) in [6.07, 6.45) is -4.63. The molecule has 3 heterocycles. The van der Waals surface area contributed by atoms with Crippen molar-refractivity contribution in [1.29, 1.82) is 0 Å². The topological polar surface area (TPSA) is 44.1 Å². The SMILES string of the molecule is O=C(OCc1ccc(-c2cccs2)s1)c1ccc(-c2cc(C(F)(F)F)nn2-c2ccccc2Cl)cc1. The maximum Gasteiger partial charge on any atom is 0.435 e. The molecular weight excluding hydrogens is 529 g/mol. The zero-order chi connectivity index (χ0) is 25.3. The summed E-state index contributed by atoms with van der Waals surface area (Å²) in [5, 5.41) is 6.01. The lowest BCUT2D eigenvalue weighted by Gasteiger charge is -2.10. The van der Waals surface area contributed by atoms with Gasteiger partial charge in [-0.1, -0.05) is 41.9 Å². The van der Waals surface area contributed by atoms with Gasteiger partial charge in [0.25, 0.3) is 0 Å². The summed E-state index contributed by atoms with van der Waals surface area (Å²) in [4.78, 5) is 15.7. The van der Waals surface area contributed by atoms with E-state index in [9.17, 15) is 18.0 Å². The Bertz CT molecular complexity index is 1510. The first-order valence-corrected chi connectivity index (χ1v) is 12.7. The number of carbonyl (C=O) groups excluding carboxylic acids is 1. The van der Waals surface area contributed by atoms with Gasteiger partial charge >= 0.3 is 12.1 Å². The number of carbonyl (C=O) groups is 1. The van der Waals surface area contributed by atoms with Crippen molar-refractivity contribution >= 4 is 40.2 Å². The standard InChI is InChI=1S/C26H16ClF3N2O2S2/c27-19-4-1-2-5-20(19)32-21(14-24(31-32)26(28,29)30)16-7-9-17(10-8-16)25(33)34-15-18-11-12-23(36-18)22-6-3-13-35-22/h1-14H,15H2. The molecular formula is C26H16ClF3N2O2S2. The van der Waals surface area contributed by atoms with Gasteiger partial charge in [0.2, 0.25) is 0 Å². The van der Waals surface area contributed by atoms with E-state index in [1.54, 1.807) is 59.1 Å². The average Bonchev–Trinajstić information content (AvgIpc) is 3.63. The largest absolute Gasteiger partial charge is 0.456 e. The number of alkyl halides is 3. The molecule has 0 aliphatic rings. The minimum absolute atomic E-state index is 0.130. The van der Waals surface area contributed by atoms with Gasteiger partial charge in [0.05, 0.1) is 22.0 Å². The number of hydrogen-bond donors (Lipinski definition) is 0. The van der Waals surface area contributed by atoms with Crippen molar-refractivity contribution in [2.24, 2.45) is 0 Å². The van der Waals surface area contributed by atoms with Crippen molar-refractivity contribution in [1.82, 2.24) is 9.78 Å². The molecule has 10 heteroatoms. The highest BCUT2D eigenvalue weighted by Gasteiger charge is 2.35. The van der Waals surface area contributed by atoms with Crippen LogP contribution in [-0.2, 0) is 17.5 Å². The second-order valence-corrected chi connectivity index (χ2v) is 10.2. The first-order valence-electron chi connectivity index (χ1n) is 10.6. The molecule has 0 aliphatic heterocycles. The number of rotatable bonds is 6. The van der Waals surface area contributed by atoms with E-state index < -0.39 is 17.8 Å². The van der Waals surface area contributed by atoms with Crippen molar-refractivity contribution in [2.45, 2.75) is 12.8 Å². The van der Waals surface area contributed by atoms with Gasteiger partial charge in [0.15, 0.2) is 5.69 Å². The van der Waals surface area contributed by atoms with Crippen LogP contribution in [0.25, 0.3) is 26.7 Å². The molecule has 0 N–H and O–H groups in total. The van der Waals surface area contributed by atoms with Crippen LogP contribution in [0.1, 0.15) is 20.9 Å². The molecule has 0 amide bonds. The van der Waals surface area contributed by atoms with Gasteiger partial charge in [0, 0.05) is 20.2 Å². The maximum absolute atomic E-state index is 13.4. The lowest BCUT2D eigenvalue weighted by atomic mass is 10.1. The molecule has 182 valence electrons. The third-order valence-electron chi connectivity index (χ3n) is 5.27. The molecule has 2 aromatic carbocycles. The van der Waals surface area contributed by atoms with Gasteiger partial charge in [-0.25, -0.2) is 9.48 Å². The lowest BCUT2D eigenvalue weighted by Crippen LogP contribution is -2.07. The highest BCUT2D eigenvalue weighted by Crippen LogP contribution is 2.35. The van der Waals surface area contributed by atoms with Crippen molar-refractivity contribution in [3.8, 4) is 26.7 Å². The molecule has 0 radical (unpaired) electrons. The molecule has 0 fully saturated rings. The van der Waals surface area contributed by atoms with Crippen LogP contribution in [-0.4, -0.2) is 15.7 Å². The van der Waals surface area contributed by atoms with E-state index in [1.807, 2.05) is 29.6 Å². The number of benzene rings is 2. The Hall–Kier alpha value is -3.40. The molecule has 0 saturated carbocycles. The van der Waals surface area contributed by atoms with Crippen molar-refractivity contribution in [3.05, 3.63) is 105 Å². The van der Waals surface area contributed by atoms with Gasteiger partial charge in [-0.05, 0) is 53.9 Å². The number of halogens is 4. The van der Waals surface area contributed by atoms with Crippen LogP contribution < -0.4 is 0 Å². The Morgan fingerprint density at radius 1 is 0.972 bits per heavy atom. The molecule has 4 nitrogen and oxygen atoms in total. The third kappa shape index (κ3) is 5.09. The Morgan fingerprint density at radius 3 is 2.44 bits per heavy atom. The van der Waals surface area contributed by atoms with Gasteiger partial charge in [-0.3, -0.25) is 0 Å². The van der Waals surface area contributed by atoms with Crippen LogP contribution in [0, 0.1) is 0 Å². The predicted molar refractivity (Wildman–Crippen MR) is 136 cm³/mol. The van der Waals surface area contributed by atoms with Crippen molar-refractivity contribution in [3.63, 3.8) is 0 Å². The number of hydrogen-bond acceptors (Lipinski definition) is 5. The summed E-state index contributed by atoms with van der Waals surface area (Å²) in [5.74, 6) is -0.525. The van der Waals surface area contributed by atoms with Crippen LogP contribution >= 0.6 is 34.3 Å². The van der Waals surface area contributed by atoms with Crippen LogP contribution in [0.4, 0.5) is 13.2 Å². The lowest BCUT2D eigenvalue weighted by molar-refractivity contribution is -0.141. The highest BCUT2D eigenvalue weighted by molar-refractivity contribution is 7.21. The second-order valence-electron chi connectivity index (χ2n) is 7.67. The molecule has 0 bridgehead atoms. The van der Waals surface area contributed by atoms with E-state index in [-0.39, 0.29) is 22.9 Å². The number of ether oxygens (including phenoxy) is 1. The van der Waals surface area contributed by atoms with Gasteiger partial charge < -0.3 is 4.74 Å². The van der Waals surface area contributed by atoms with Crippen LogP contribution in [0.3, 0.4) is 0 Å². The van der Waals surface area contributed by atoms with Crippen LogP contribution in [0.2, 0.25) is 5.02 Å². The molecule has 0 spiro atoms. The minimum atomic E-state index is -4.63. The quantitative estimate of drug-likeness (QED) is 0.202. The van der Waals surface area contributed by atoms with Gasteiger partial charge in [-0.2, -0.15) is 18.3 Å². The van der Waals surface area contributed by atoms with Crippen LogP contribution in [0.15, 0.2) is 84.2 Å². The fourth-order valence-corrected chi connectivity index (χ4v) is 5.51. The summed E-state index contributed by atoms with van der Waals surface area (Å²) < 4.78 is 46.9. The predicted octanol–water partition coefficient (Wildman–Crippen LogP) is 8.36. The van der Waals surface area contributed by atoms with Crippen LogP contribution in [0.5, 0.6) is 0 Å². The highest BCUT2D eigenvalue weighted by atomic mass is 35.5. The number of esters is 1. The maximum atomic E-state index is 13.4. The number of thiophene rings is 2. The molecule has 0 aliphatic carbocycles. The molecule has 5 aromatic rings. The van der Waals surface area contributed by atoms with E-state index in [2.05, 4.69) is 5.10 Å². The normalized spacial score (nSPS) is 11.6. The van der Waals surface area contributed by atoms with E-state index in [0.717, 1.165) is 25.4 Å². The van der Waals surface area contributed by atoms with E-state index in [1.165, 1.54) is 12.1 Å². The molecule has 3 aromatic heterocycles. The fourth-order valence-electron chi connectivity index (χ4n) is 3.54. The zero-order valence-corrected chi connectivity index (χ0v) is 20.7. The van der Waals surface area contributed by atoms with E-state index in [0.29, 0.717) is 11.3 Å². The molecule has 5 rings (SSSR count). The number of aromatic nitrogens is 2. The monoisotopic (exact) mass is 544 g/mol. The first kappa shape index (κ1) is 24.3.